The fourth-order valence-electron chi connectivity index (χ4n) is 5.94. The highest BCUT2D eigenvalue weighted by Gasteiger charge is 2.47. The molecule has 36 heavy (non-hydrogen) atoms. The maximum Gasteiger partial charge on any atom is 0.152 e. The van der Waals surface area contributed by atoms with Crippen LogP contribution in [-0.4, -0.2) is 52.5 Å². The molecule has 6 nitrogen and oxygen atoms in total. The Labute approximate surface area is 211 Å². The average Bonchev–Trinajstić information content (AvgIpc) is 3.29. The standard InChI is InChI=1S/C29H32FN5O/c1-20-16-34(19-31-20)25-10-5-21(14-27(25)36-3)13-23-15-29(11-4-12-29)18-35-26(17-33(2)32-28(23)35)22-6-8-24(30)9-7-22/h5-10,13-14,16,19,26H,4,11-12,15,17-18H2,1-3H3. The molecule has 1 saturated carbocycles. The Bertz CT molecular complexity index is 1340. The van der Waals surface area contributed by atoms with Gasteiger partial charge in [-0.3, -0.25) is 5.01 Å². The van der Waals surface area contributed by atoms with Gasteiger partial charge in [0.25, 0.3) is 0 Å². The summed E-state index contributed by atoms with van der Waals surface area (Å²) in [6.45, 7) is 3.76. The summed E-state index contributed by atoms with van der Waals surface area (Å²) in [6, 6.07) is 13.4. The van der Waals surface area contributed by atoms with Gasteiger partial charge in [-0.1, -0.05) is 24.6 Å². The number of rotatable bonds is 4. The number of hydrogen-bond acceptors (Lipinski definition) is 5. The van der Waals surface area contributed by atoms with Crippen LogP contribution in [0.25, 0.3) is 11.8 Å². The lowest BCUT2D eigenvalue weighted by Crippen LogP contribution is -2.55. The molecule has 2 fully saturated rings. The van der Waals surface area contributed by atoms with Gasteiger partial charge in [0.15, 0.2) is 5.84 Å². The second kappa shape index (κ2) is 8.80. The molecular formula is C29H32FN5O. The topological polar surface area (TPSA) is 45.9 Å². The molecule has 3 heterocycles. The second-order valence-corrected chi connectivity index (χ2v) is 10.5. The fraction of sp³-hybridized carbons (Fsp3) is 0.379. The maximum atomic E-state index is 13.7. The lowest BCUT2D eigenvalue weighted by atomic mass is 9.62. The third kappa shape index (κ3) is 4.06. The Morgan fingerprint density at radius 2 is 1.94 bits per heavy atom. The van der Waals surface area contributed by atoms with Crippen LogP contribution >= 0.6 is 0 Å². The fourth-order valence-corrected chi connectivity index (χ4v) is 5.94. The Morgan fingerprint density at radius 1 is 1.14 bits per heavy atom. The predicted molar refractivity (Wildman–Crippen MR) is 140 cm³/mol. The third-order valence-electron chi connectivity index (χ3n) is 7.91. The Kier molecular flexibility index (Phi) is 5.58. The summed E-state index contributed by atoms with van der Waals surface area (Å²) in [7, 11) is 3.73. The Morgan fingerprint density at radius 3 is 2.61 bits per heavy atom. The van der Waals surface area contributed by atoms with Gasteiger partial charge in [-0.25, -0.2) is 9.37 Å². The summed E-state index contributed by atoms with van der Waals surface area (Å²) in [6.07, 6.45) is 10.9. The van der Waals surface area contributed by atoms with Crippen molar-refractivity contribution in [1.29, 1.82) is 0 Å². The van der Waals surface area contributed by atoms with Crippen molar-refractivity contribution < 1.29 is 9.13 Å². The molecule has 0 amide bonds. The largest absolute Gasteiger partial charge is 0.495 e. The molecule has 1 unspecified atom stereocenters. The van der Waals surface area contributed by atoms with Crippen LogP contribution in [-0.2, 0) is 0 Å². The van der Waals surface area contributed by atoms with E-state index in [2.05, 4.69) is 34.2 Å². The number of hydrogen-bond donors (Lipinski definition) is 0. The van der Waals surface area contributed by atoms with Crippen molar-refractivity contribution in [2.75, 3.05) is 27.2 Å². The van der Waals surface area contributed by atoms with Gasteiger partial charge in [0.1, 0.15) is 11.6 Å². The lowest BCUT2D eigenvalue weighted by molar-refractivity contribution is 0.0512. The van der Waals surface area contributed by atoms with Gasteiger partial charge < -0.3 is 14.2 Å². The summed E-state index contributed by atoms with van der Waals surface area (Å²) in [4.78, 5) is 6.83. The smallest absolute Gasteiger partial charge is 0.152 e. The number of piperidine rings is 1. The van der Waals surface area contributed by atoms with E-state index in [-0.39, 0.29) is 17.3 Å². The molecule has 3 aliphatic rings. The SMILES string of the molecule is COc1cc(C=C2CC3(CCC3)CN3C2=NN(C)CC3c2ccc(F)cc2)ccc1-n1cnc(C)c1. The number of aromatic nitrogens is 2. The van der Waals surface area contributed by atoms with Crippen molar-refractivity contribution in [2.45, 2.75) is 38.6 Å². The number of fused-ring (bicyclic) bond motifs is 1. The average molecular weight is 486 g/mol. The van der Waals surface area contributed by atoms with Gasteiger partial charge in [-0.15, -0.1) is 0 Å². The van der Waals surface area contributed by atoms with E-state index < -0.39 is 0 Å². The normalized spacial score (nSPS) is 21.8. The molecule has 7 heteroatoms. The molecule has 0 N–H and O–H groups in total. The van der Waals surface area contributed by atoms with E-state index in [1.54, 1.807) is 19.2 Å². The lowest BCUT2D eigenvalue weighted by Gasteiger charge is -2.54. The zero-order chi connectivity index (χ0) is 24.9. The van der Waals surface area contributed by atoms with Gasteiger partial charge in [-0.2, -0.15) is 5.10 Å². The Hall–Kier alpha value is -3.61. The number of imidazole rings is 1. The van der Waals surface area contributed by atoms with E-state index in [0.29, 0.717) is 0 Å². The van der Waals surface area contributed by atoms with Crippen LogP contribution < -0.4 is 4.74 Å². The zero-order valence-corrected chi connectivity index (χ0v) is 21.1. The van der Waals surface area contributed by atoms with Crippen molar-refractivity contribution in [3.05, 3.63) is 83.2 Å². The van der Waals surface area contributed by atoms with Crippen molar-refractivity contribution in [2.24, 2.45) is 10.5 Å². The van der Waals surface area contributed by atoms with Gasteiger partial charge >= 0.3 is 0 Å². The Balaban J connectivity index is 1.39. The number of methoxy groups -OCH3 is 1. The number of benzene rings is 2. The van der Waals surface area contributed by atoms with Crippen molar-refractivity contribution in [3.8, 4) is 11.4 Å². The number of nitrogens with zero attached hydrogens (tertiary/aromatic N) is 5. The van der Waals surface area contributed by atoms with E-state index in [1.807, 2.05) is 48.2 Å². The molecule has 0 bridgehead atoms. The van der Waals surface area contributed by atoms with E-state index in [0.717, 1.165) is 53.6 Å². The summed E-state index contributed by atoms with van der Waals surface area (Å²) >= 11 is 0. The van der Waals surface area contributed by atoms with Crippen molar-refractivity contribution in [1.82, 2.24) is 19.5 Å². The van der Waals surface area contributed by atoms with Gasteiger partial charge in [0.2, 0.25) is 0 Å². The third-order valence-corrected chi connectivity index (χ3v) is 7.91. The second-order valence-electron chi connectivity index (χ2n) is 10.5. The molecule has 3 aromatic rings. The number of hydrazone groups is 1. The maximum absolute atomic E-state index is 13.7. The van der Waals surface area contributed by atoms with E-state index in [9.17, 15) is 4.39 Å². The highest BCUT2D eigenvalue weighted by Crippen LogP contribution is 2.52. The number of ether oxygens (including phenoxy) is 1. The van der Waals surface area contributed by atoms with Crippen LogP contribution in [0.5, 0.6) is 5.75 Å². The highest BCUT2D eigenvalue weighted by molar-refractivity contribution is 6.03. The summed E-state index contributed by atoms with van der Waals surface area (Å²) in [5.41, 5.74) is 5.70. The monoisotopic (exact) mass is 485 g/mol. The zero-order valence-electron chi connectivity index (χ0n) is 21.1. The van der Waals surface area contributed by atoms with Crippen LogP contribution in [0, 0.1) is 18.2 Å². The molecular weight excluding hydrogens is 453 g/mol. The first-order chi connectivity index (χ1) is 17.4. The molecule has 1 aliphatic carbocycles. The number of aryl methyl sites for hydroxylation is 1. The van der Waals surface area contributed by atoms with Crippen LogP contribution in [0.1, 0.15) is 48.5 Å². The molecule has 6 rings (SSSR count). The number of likely N-dealkylation sites (N-methyl/N-ethyl adjacent to an activating group) is 1. The summed E-state index contributed by atoms with van der Waals surface area (Å²) in [5, 5.41) is 7.02. The van der Waals surface area contributed by atoms with Crippen molar-refractivity contribution >= 4 is 11.9 Å². The van der Waals surface area contributed by atoms with Crippen LogP contribution in [0.15, 0.2) is 65.7 Å². The molecule has 1 saturated heterocycles. The first-order valence-corrected chi connectivity index (χ1v) is 12.6. The van der Waals surface area contributed by atoms with Gasteiger partial charge in [0, 0.05) is 19.8 Å². The van der Waals surface area contributed by atoms with E-state index >= 15 is 0 Å². The van der Waals surface area contributed by atoms with E-state index in [1.165, 1.54) is 24.8 Å². The molecule has 2 aromatic carbocycles. The minimum atomic E-state index is -0.199. The van der Waals surface area contributed by atoms with Gasteiger partial charge in [0.05, 0.1) is 37.4 Å². The molecule has 186 valence electrons. The first kappa shape index (κ1) is 22.8. The first-order valence-electron chi connectivity index (χ1n) is 12.6. The van der Waals surface area contributed by atoms with Crippen LogP contribution in [0.2, 0.25) is 0 Å². The molecule has 1 aromatic heterocycles. The summed E-state index contributed by atoms with van der Waals surface area (Å²) in [5.74, 6) is 1.64. The highest BCUT2D eigenvalue weighted by atomic mass is 19.1. The molecule has 0 radical (unpaired) electrons. The number of halogens is 1. The molecule has 2 aliphatic heterocycles. The number of amidine groups is 1. The quantitative estimate of drug-likeness (QED) is 0.484. The van der Waals surface area contributed by atoms with Crippen LogP contribution in [0.4, 0.5) is 4.39 Å². The molecule has 1 atom stereocenters. The predicted octanol–water partition coefficient (Wildman–Crippen LogP) is 5.59. The van der Waals surface area contributed by atoms with Gasteiger partial charge in [-0.05, 0) is 78.6 Å². The molecule has 1 spiro atoms. The van der Waals surface area contributed by atoms with Crippen molar-refractivity contribution in [3.63, 3.8) is 0 Å². The van der Waals surface area contributed by atoms with E-state index in [4.69, 9.17) is 9.84 Å². The minimum Gasteiger partial charge on any atom is -0.495 e. The van der Waals surface area contributed by atoms with Crippen LogP contribution in [0.3, 0.4) is 0 Å². The minimum absolute atomic E-state index is 0.144. The summed E-state index contributed by atoms with van der Waals surface area (Å²) < 4.78 is 21.4.